The first-order valence-electron chi connectivity index (χ1n) is 9.54. The van der Waals surface area contributed by atoms with E-state index in [0.29, 0.717) is 11.3 Å². The third kappa shape index (κ3) is 3.81. The first-order chi connectivity index (χ1) is 14.1. The molecule has 2 amide bonds. The highest BCUT2D eigenvalue weighted by Gasteiger charge is 2.40. The number of urea groups is 1. The molecule has 2 aliphatic rings. The van der Waals surface area contributed by atoms with Crippen LogP contribution < -0.4 is 15.5 Å². The van der Waals surface area contributed by atoms with Crippen molar-refractivity contribution < 1.29 is 18.7 Å². The number of rotatable bonds is 3. The SMILES string of the molecule is COC(=O)[C@@H]1/C(=C\N2CCCc3ccccc32)NC(=O)N[C@H]1c1ccc(F)cc1. The summed E-state index contributed by atoms with van der Waals surface area (Å²) in [4.78, 5) is 27.1. The summed E-state index contributed by atoms with van der Waals surface area (Å²) in [5.41, 5.74) is 3.36. The number of anilines is 1. The third-order valence-electron chi connectivity index (χ3n) is 5.34. The van der Waals surface area contributed by atoms with Crippen LogP contribution in [0.15, 0.2) is 60.4 Å². The molecule has 2 atom stereocenters. The first-order valence-corrected chi connectivity index (χ1v) is 9.54. The zero-order chi connectivity index (χ0) is 20.4. The molecule has 2 aromatic carbocycles. The van der Waals surface area contributed by atoms with Crippen LogP contribution in [0.1, 0.15) is 23.6 Å². The van der Waals surface area contributed by atoms with Crippen molar-refractivity contribution in [2.24, 2.45) is 5.92 Å². The lowest BCUT2D eigenvalue weighted by molar-refractivity contribution is -0.145. The number of nitrogens with one attached hydrogen (secondary N) is 2. The Morgan fingerprint density at radius 2 is 1.97 bits per heavy atom. The van der Waals surface area contributed by atoms with Gasteiger partial charge in [0.05, 0.1) is 18.8 Å². The fourth-order valence-corrected chi connectivity index (χ4v) is 3.96. The number of hydrogen-bond donors (Lipinski definition) is 2. The van der Waals surface area contributed by atoms with Crippen LogP contribution in [-0.4, -0.2) is 25.7 Å². The molecule has 7 heteroatoms. The minimum atomic E-state index is -0.780. The van der Waals surface area contributed by atoms with Gasteiger partial charge in [0.2, 0.25) is 0 Å². The van der Waals surface area contributed by atoms with Gasteiger partial charge in [-0.15, -0.1) is 0 Å². The maximum atomic E-state index is 13.4. The van der Waals surface area contributed by atoms with Crippen molar-refractivity contribution in [3.8, 4) is 0 Å². The summed E-state index contributed by atoms with van der Waals surface area (Å²) < 4.78 is 18.4. The van der Waals surface area contributed by atoms with Crippen LogP contribution >= 0.6 is 0 Å². The highest BCUT2D eigenvalue weighted by molar-refractivity contribution is 5.85. The van der Waals surface area contributed by atoms with E-state index in [1.807, 2.05) is 24.4 Å². The van der Waals surface area contributed by atoms with Crippen molar-refractivity contribution in [1.29, 1.82) is 0 Å². The molecule has 150 valence electrons. The van der Waals surface area contributed by atoms with E-state index in [4.69, 9.17) is 4.74 Å². The van der Waals surface area contributed by atoms with Crippen LogP contribution in [0.2, 0.25) is 0 Å². The highest BCUT2D eigenvalue weighted by Crippen LogP contribution is 2.33. The van der Waals surface area contributed by atoms with Gasteiger partial charge >= 0.3 is 12.0 Å². The van der Waals surface area contributed by atoms with Crippen molar-refractivity contribution in [3.05, 3.63) is 77.4 Å². The number of hydrogen-bond acceptors (Lipinski definition) is 4. The minimum Gasteiger partial charge on any atom is -0.468 e. The molecule has 2 aliphatic heterocycles. The summed E-state index contributed by atoms with van der Waals surface area (Å²) in [7, 11) is 1.31. The van der Waals surface area contributed by atoms with Gasteiger partial charge in [0.25, 0.3) is 0 Å². The number of carbonyl (C=O) groups is 2. The lowest BCUT2D eigenvalue weighted by Crippen LogP contribution is -2.52. The Morgan fingerprint density at radius 3 is 2.72 bits per heavy atom. The number of ether oxygens (including phenoxy) is 1. The van der Waals surface area contributed by atoms with Crippen LogP contribution in [-0.2, 0) is 16.0 Å². The average Bonchev–Trinajstić information content (AvgIpc) is 2.74. The number of methoxy groups -OCH3 is 1. The van der Waals surface area contributed by atoms with Crippen molar-refractivity contribution in [2.75, 3.05) is 18.6 Å². The number of aryl methyl sites for hydroxylation is 1. The van der Waals surface area contributed by atoms with Crippen molar-refractivity contribution in [1.82, 2.24) is 10.6 Å². The van der Waals surface area contributed by atoms with Gasteiger partial charge in [0.1, 0.15) is 11.7 Å². The summed E-state index contributed by atoms with van der Waals surface area (Å²) in [6, 6.07) is 12.7. The molecule has 0 aromatic heterocycles. The summed E-state index contributed by atoms with van der Waals surface area (Å²) in [6.45, 7) is 0.777. The van der Waals surface area contributed by atoms with Crippen LogP contribution in [0.5, 0.6) is 0 Å². The summed E-state index contributed by atoms with van der Waals surface area (Å²) in [6.07, 6.45) is 3.77. The zero-order valence-corrected chi connectivity index (χ0v) is 16.0. The molecule has 1 fully saturated rings. The quantitative estimate of drug-likeness (QED) is 0.783. The molecule has 0 saturated carbocycles. The Balaban J connectivity index is 1.74. The summed E-state index contributed by atoms with van der Waals surface area (Å²) in [5.74, 6) is -1.65. The van der Waals surface area contributed by atoms with Crippen molar-refractivity contribution in [3.63, 3.8) is 0 Å². The van der Waals surface area contributed by atoms with Crippen LogP contribution in [0.4, 0.5) is 14.9 Å². The van der Waals surface area contributed by atoms with Gasteiger partial charge in [-0.25, -0.2) is 9.18 Å². The number of fused-ring (bicyclic) bond motifs is 1. The van der Waals surface area contributed by atoms with E-state index in [0.717, 1.165) is 25.1 Å². The van der Waals surface area contributed by atoms with Crippen molar-refractivity contribution in [2.45, 2.75) is 18.9 Å². The number of para-hydroxylation sites is 1. The lowest BCUT2D eigenvalue weighted by atomic mass is 9.88. The van der Waals surface area contributed by atoms with E-state index in [-0.39, 0.29) is 5.82 Å². The second kappa shape index (κ2) is 7.95. The monoisotopic (exact) mass is 395 g/mol. The van der Waals surface area contributed by atoms with Gasteiger partial charge in [-0.05, 0) is 42.2 Å². The van der Waals surface area contributed by atoms with Gasteiger partial charge in [-0.1, -0.05) is 30.3 Å². The Hall–Kier alpha value is -3.35. The van der Waals surface area contributed by atoms with E-state index in [1.54, 1.807) is 12.1 Å². The van der Waals surface area contributed by atoms with Crippen LogP contribution in [0, 0.1) is 11.7 Å². The van der Waals surface area contributed by atoms with Gasteiger partial charge < -0.3 is 20.3 Å². The molecule has 6 nitrogen and oxygen atoms in total. The second-order valence-corrected chi connectivity index (χ2v) is 7.14. The predicted molar refractivity (Wildman–Crippen MR) is 107 cm³/mol. The molecule has 0 unspecified atom stereocenters. The standard InChI is InChI=1S/C22H22FN3O3/c1-29-21(27)19-17(13-26-12-4-6-14-5-2-3-7-18(14)26)24-22(28)25-20(19)15-8-10-16(23)11-9-15/h2-3,5,7-11,13,19-20H,4,6,12H2,1H3,(H2,24,25,28)/b17-13+/t19-,20+/m1/s1. The molecule has 2 N–H and O–H groups in total. The molecule has 1 saturated heterocycles. The number of nitrogens with zero attached hydrogens (tertiary/aromatic N) is 1. The molecule has 0 spiro atoms. The normalized spacial score (nSPS) is 22.5. The van der Waals surface area contributed by atoms with Gasteiger partial charge in [0.15, 0.2) is 0 Å². The number of amides is 2. The fraction of sp³-hybridized carbons (Fsp3) is 0.273. The molecule has 2 aromatic rings. The smallest absolute Gasteiger partial charge is 0.319 e. The predicted octanol–water partition coefficient (Wildman–Crippen LogP) is 3.26. The largest absolute Gasteiger partial charge is 0.468 e. The molecular weight excluding hydrogens is 373 g/mol. The Kier molecular flexibility index (Phi) is 5.20. The zero-order valence-electron chi connectivity index (χ0n) is 16.0. The first kappa shape index (κ1) is 19.0. The molecule has 0 aliphatic carbocycles. The molecule has 0 bridgehead atoms. The molecule has 4 rings (SSSR count). The molecule has 29 heavy (non-hydrogen) atoms. The fourth-order valence-electron chi connectivity index (χ4n) is 3.96. The number of halogens is 1. The average molecular weight is 395 g/mol. The lowest BCUT2D eigenvalue weighted by Gasteiger charge is -2.36. The Labute approximate surface area is 168 Å². The maximum absolute atomic E-state index is 13.4. The maximum Gasteiger partial charge on any atom is 0.319 e. The molecule has 0 radical (unpaired) electrons. The number of esters is 1. The van der Waals surface area contributed by atoms with Gasteiger partial charge in [0, 0.05) is 18.4 Å². The Morgan fingerprint density at radius 1 is 1.21 bits per heavy atom. The Bertz CT molecular complexity index is 958. The number of carbonyl (C=O) groups excluding carboxylic acids is 2. The number of benzene rings is 2. The third-order valence-corrected chi connectivity index (χ3v) is 5.34. The molecular formula is C22H22FN3O3. The minimum absolute atomic E-state index is 0.385. The topological polar surface area (TPSA) is 70.7 Å². The van der Waals surface area contributed by atoms with Crippen molar-refractivity contribution >= 4 is 17.7 Å². The van der Waals surface area contributed by atoms with Gasteiger partial charge in [-0.3, -0.25) is 4.79 Å². The van der Waals surface area contributed by atoms with Gasteiger partial charge in [-0.2, -0.15) is 0 Å². The summed E-state index contributed by atoms with van der Waals surface area (Å²) >= 11 is 0. The second-order valence-electron chi connectivity index (χ2n) is 7.14. The van der Waals surface area contributed by atoms with E-state index < -0.39 is 24.0 Å². The van der Waals surface area contributed by atoms with Crippen LogP contribution in [0.3, 0.4) is 0 Å². The van der Waals surface area contributed by atoms with E-state index >= 15 is 0 Å². The van der Waals surface area contributed by atoms with E-state index in [9.17, 15) is 14.0 Å². The highest BCUT2D eigenvalue weighted by atomic mass is 19.1. The molecule has 2 heterocycles. The summed E-state index contributed by atoms with van der Waals surface area (Å²) in [5, 5.41) is 5.54. The van der Waals surface area contributed by atoms with E-state index in [1.165, 1.54) is 24.8 Å². The van der Waals surface area contributed by atoms with E-state index in [2.05, 4.69) is 21.6 Å². The van der Waals surface area contributed by atoms with Crippen LogP contribution in [0.25, 0.3) is 0 Å².